The van der Waals surface area contributed by atoms with E-state index < -0.39 is 0 Å². The maximum Gasteiger partial charge on any atom is 0.139 e. The van der Waals surface area contributed by atoms with Crippen molar-refractivity contribution in [2.75, 3.05) is 44.9 Å². The van der Waals surface area contributed by atoms with E-state index in [0.717, 1.165) is 35.5 Å². The summed E-state index contributed by atoms with van der Waals surface area (Å²) in [5, 5.41) is 1.04. The molecule has 18 heavy (non-hydrogen) atoms. The van der Waals surface area contributed by atoms with Crippen molar-refractivity contribution in [3.05, 3.63) is 24.5 Å². The summed E-state index contributed by atoms with van der Waals surface area (Å²) in [5.41, 5.74) is 7.38. The van der Waals surface area contributed by atoms with Gasteiger partial charge in [-0.1, -0.05) is 0 Å². The minimum atomic E-state index is 0.725. The Morgan fingerprint density at radius 2 is 1.89 bits per heavy atom. The summed E-state index contributed by atoms with van der Waals surface area (Å²) in [5.74, 6) is 0.946. The van der Waals surface area contributed by atoms with Crippen molar-refractivity contribution in [3.63, 3.8) is 0 Å². The van der Waals surface area contributed by atoms with E-state index in [4.69, 9.17) is 5.73 Å². The van der Waals surface area contributed by atoms with Crippen LogP contribution in [0.3, 0.4) is 0 Å². The second kappa shape index (κ2) is 5.18. The number of rotatable bonds is 4. The molecule has 5 nitrogen and oxygen atoms in total. The zero-order valence-electron chi connectivity index (χ0n) is 11.1. The molecule has 0 saturated carbocycles. The quantitative estimate of drug-likeness (QED) is 0.820. The number of anilines is 2. The van der Waals surface area contributed by atoms with Crippen molar-refractivity contribution in [1.82, 2.24) is 14.9 Å². The van der Waals surface area contributed by atoms with Crippen LogP contribution in [0.2, 0.25) is 0 Å². The summed E-state index contributed by atoms with van der Waals surface area (Å²) < 4.78 is 0. The molecule has 0 aliphatic carbocycles. The monoisotopic (exact) mass is 245 g/mol. The smallest absolute Gasteiger partial charge is 0.139 e. The Kier molecular flexibility index (Phi) is 3.62. The molecule has 1 heterocycles. The fourth-order valence-electron chi connectivity index (χ4n) is 1.82. The molecule has 2 aromatic rings. The molecule has 5 heteroatoms. The van der Waals surface area contributed by atoms with E-state index in [0.29, 0.717) is 0 Å². The van der Waals surface area contributed by atoms with Crippen LogP contribution in [0.4, 0.5) is 11.5 Å². The van der Waals surface area contributed by atoms with Crippen LogP contribution in [0.5, 0.6) is 0 Å². The average molecular weight is 245 g/mol. The van der Waals surface area contributed by atoms with Crippen molar-refractivity contribution < 1.29 is 0 Å². The van der Waals surface area contributed by atoms with Crippen molar-refractivity contribution >= 4 is 22.4 Å². The molecule has 0 bridgehead atoms. The molecular weight excluding hydrogens is 226 g/mol. The molecule has 0 unspecified atom stereocenters. The summed E-state index contributed by atoms with van der Waals surface area (Å²) in [4.78, 5) is 12.9. The number of aromatic nitrogens is 2. The summed E-state index contributed by atoms with van der Waals surface area (Å²) in [6.45, 7) is 1.90. The lowest BCUT2D eigenvalue weighted by atomic mass is 10.2. The lowest BCUT2D eigenvalue weighted by Gasteiger charge is -2.21. The van der Waals surface area contributed by atoms with Gasteiger partial charge in [0.1, 0.15) is 12.1 Å². The van der Waals surface area contributed by atoms with Crippen LogP contribution < -0.4 is 10.6 Å². The van der Waals surface area contributed by atoms with Gasteiger partial charge in [-0.25, -0.2) is 9.97 Å². The summed E-state index contributed by atoms with van der Waals surface area (Å²) in [6.07, 6.45) is 1.59. The Hall–Kier alpha value is -1.88. The molecule has 96 valence electrons. The van der Waals surface area contributed by atoms with E-state index in [9.17, 15) is 0 Å². The van der Waals surface area contributed by atoms with Gasteiger partial charge in [-0.05, 0) is 32.3 Å². The molecule has 0 aliphatic heterocycles. The molecule has 0 aliphatic rings. The summed E-state index contributed by atoms with van der Waals surface area (Å²) in [6, 6.07) is 5.74. The van der Waals surface area contributed by atoms with Gasteiger partial charge in [-0.15, -0.1) is 0 Å². The topological polar surface area (TPSA) is 58.3 Å². The summed E-state index contributed by atoms with van der Waals surface area (Å²) in [7, 11) is 6.17. The number of hydrogen-bond acceptors (Lipinski definition) is 5. The predicted octanol–water partition coefficient (Wildman–Crippen LogP) is 1.21. The molecule has 0 fully saturated rings. The molecule has 2 N–H and O–H groups in total. The number of nitrogens with zero attached hydrogens (tertiary/aromatic N) is 4. The number of hydrogen-bond donors (Lipinski definition) is 1. The van der Waals surface area contributed by atoms with Crippen molar-refractivity contribution in [2.24, 2.45) is 0 Å². The molecule has 0 radical (unpaired) electrons. The molecule has 0 atom stereocenters. The van der Waals surface area contributed by atoms with E-state index in [1.165, 1.54) is 0 Å². The molecule has 1 aromatic heterocycles. The van der Waals surface area contributed by atoms with Crippen molar-refractivity contribution in [1.29, 1.82) is 0 Å². The maximum atomic E-state index is 5.77. The fraction of sp³-hybridized carbons (Fsp3) is 0.385. The third-order valence-electron chi connectivity index (χ3n) is 2.88. The van der Waals surface area contributed by atoms with Gasteiger partial charge in [0.05, 0.1) is 5.52 Å². The Bertz CT molecular complexity index is 538. The third-order valence-corrected chi connectivity index (χ3v) is 2.88. The van der Waals surface area contributed by atoms with E-state index in [1.807, 2.05) is 25.2 Å². The van der Waals surface area contributed by atoms with Gasteiger partial charge in [-0.3, -0.25) is 0 Å². The third kappa shape index (κ3) is 2.68. The first kappa shape index (κ1) is 12.6. The minimum Gasteiger partial charge on any atom is -0.399 e. The lowest BCUT2D eigenvalue weighted by molar-refractivity contribution is 0.416. The Labute approximate surface area is 107 Å². The van der Waals surface area contributed by atoms with Gasteiger partial charge in [0.15, 0.2) is 0 Å². The highest BCUT2D eigenvalue weighted by atomic mass is 15.2. The Balaban J connectivity index is 2.32. The molecule has 1 aromatic carbocycles. The van der Waals surface area contributed by atoms with Crippen LogP contribution in [-0.2, 0) is 0 Å². The Morgan fingerprint density at radius 3 is 2.61 bits per heavy atom. The highest BCUT2D eigenvalue weighted by Crippen LogP contribution is 2.23. The highest BCUT2D eigenvalue weighted by Gasteiger charge is 2.08. The van der Waals surface area contributed by atoms with Gasteiger partial charge < -0.3 is 15.5 Å². The van der Waals surface area contributed by atoms with Crippen LogP contribution >= 0.6 is 0 Å². The van der Waals surface area contributed by atoms with E-state index >= 15 is 0 Å². The van der Waals surface area contributed by atoms with Crippen molar-refractivity contribution in [2.45, 2.75) is 0 Å². The van der Waals surface area contributed by atoms with Gasteiger partial charge in [0.25, 0.3) is 0 Å². The second-order valence-electron chi connectivity index (χ2n) is 4.70. The fourth-order valence-corrected chi connectivity index (χ4v) is 1.82. The van der Waals surface area contributed by atoms with E-state index in [2.05, 4.69) is 33.9 Å². The van der Waals surface area contributed by atoms with Crippen LogP contribution in [0.15, 0.2) is 24.5 Å². The zero-order chi connectivity index (χ0) is 13.1. The van der Waals surface area contributed by atoms with Gasteiger partial charge >= 0.3 is 0 Å². The number of fused-ring (bicyclic) bond motifs is 1. The number of nitrogen functional groups attached to an aromatic ring is 1. The van der Waals surface area contributed by atoms with Gasteiger partial charge in [-0.2, -0.15) is 0 Å². The van der Waals surface area contributed by atoms with Crippen molar-refractivity contribution in [3.8, 4) is 0 Å². The molecule has 2 rings (SSSR count). The normalized spacial score (nSPS) is 11.1. The zero-order valence-corrected chi connectivity index (χ0v) is 11.1. The average Bonchev–Trinajstić information content (AvgIpc) is 2.34. The standard InChI is InChI=1S/C13H19N5/c1-17(2)6-7-18(3)13-11-5-4-10(14)8-12(11)15-9-16-13/h4-5,8-9H,6-7,14H2,1-3H3. The van der Waals surface area contributed by atoms with Gasteiger partial charge in [0.2, 0.25) is 0 Å². The molecule has 0 amide bonds. The second-order valence-corrected chi connectivity index (χ2v) is 4.70. The van der Waals surface area contributed by atoms with Crippen LogP contribution in [0, 0.1) is 0 Å². The van der Waals surface area contributed by atoms with Crippen LogP contribution in [-0.4, -0.2) is 49.1 Å². The summed E-state index contributed by atoms with van der Waals surface area (Å²) >= 11 is 0. The number of likely N-dealkylation sites (N-methyl/N-ethyl adjacent to an activating group) is 2. The highest BCUT2D eigenvalue weighted by molar-refractivity contribution is 5.91. The van der Waals surface area contributed by atoms with Gasteiger partial charge in [0, 0.05) is 31.2 Å². The van der Waals surface area contributed by atoms with Crippen LogP contribution in [0.1, 0.15) is 0 Å². The lowest BCUT2D eigenvalue weighted by Crippen LogP contribution is -2.29. The first-order chi connectivity index (χ1) is 8.58. The first-order valence-electron chi connectivity index (χ1n) is 5.94. The molecular formula is C13H19N5. The molecule has 0 spiro atoms. The maximum absolute atomic E-state index is 5.77. The predicted molar refractivity (Wildman–Crippen MR) is 75.8 cm³/mol. The largest absolute Gasteiger partial charge is 0.399 e. The van der Waals surface area contributed by atoms with E-state index in [1.54, 1.807) is 6.33 Å². The Morgan fingerprint density at radius 1 is 1.11 bits per heavy atom. The number of benzene rings is 1. The van der Waals surface area contributed by atoms with E-state index in [-0.39, 0.29) is 0 Å². The molecule has 0 saturated heterocycles. The SMILES string of the molecule is CN(C)CCN(C)c1ncnc2cc(N)ccc12. The van der Waals surface area contributed by atoms with Crippen LogP contribution in [0.25, 0.3) is 10.9 Å². The number of nitrogens with two attached hydrogens (primary N) is 1. The first-order valence-corrected chi connectivity index (χ1v) is 5.94. The minimum absolute atomic E-state index is 0.725.